The van der Waals surface area contributed by atoms with Crippen LogP contribution in [0.1, 0.15) is 95.1 Å². The average Bonchev–Trinajstić information content (AvgIpc) is 2.81. The van der Waals surface area contributed by atoms with Crippen LogP contribution in [-0.4, -0.2) is 10.2 Å². The van der Waals surface area contributed by atoms with Crippen molar-refractivity contribution in [3.05, 3.63) is 59.7 Å². The minimum Gasteiger partial charge on any atom is -0.508 e. The van der Waals surface area contributed by atoms with E-state index in [0.29, 0.717) is 11.5 Å². The fraction of sp³-hybridized carbons (Fsp3) is 0.586. The minimum atomic E-state index is -0.00471. The second-order valence-electron chi connectivity index (χ2n) is 10.3. The van der Waals surface area contributed by atoms with Gasteiger partial charge in [-0.3, -0.25) is 0 Å². The Kier molecular flexibility index (Phi) is 7.25. The fourth-order valence-electron chi connectivity index (χ4n) is 6.54. The number of phenolic OH excluding ortho intramolecular Hbond substituents is 2. The van der Waals surface area contributed by atoms with Gasteiger partial charge in [-0.15, -0.1) is 0 Å². The molecule has 4 rings (SSSR count). The smallest absolute Gasteiger partial charge is 0.115 e. The first-order chi connectivity index (χ1) is 15.1. The van der Waals surface area contributed by atoms with Gasteiger partial charge in [-0.2, -0.15) is 0 Å². The number of benzene rings is 2. The van der Waals surface area contributed by atoms with Crippen LogP contribution in [0.25, 0.3) is 0 Å². The molecule has 2 aromatic carbocycles. The number of rotatable bonds is 7. The van der Waals surface area contributed by atoms with E-state index in [1.807, 2.05) is 24.3 Å². The molecule has 0 aromatic heterocycles. The highest BCUT2D eigenvalue weighted by Crippen LogP contribution is 2.50. The summed E-state index contributed by atoms with van der Waals surface area (Å²) in [5.41, 5.74) is 2.60. The number of hydrogen-bond donors (Lipinski definition) is 2. The Morgan fingerprint density at radius 2 is 1.16 bits per heavy atom. The summed E-state index contributed by atoms with van der Waals surface area (Å²) >= 11 is 0. The minimum absolute atomic E-state index is 0.00471. The highest BCUT2D eigenvalue weighted by atomic mass is 16.3. The quantitative estimate of drug-likeness (QED) is 0.446. The lowest BCUT2D eigenvalue weighted by molar-refractivity contribution is 0.140. The van der Waals surface area contributed by atoms with Gasteiger partial charge in [-0.05, 0) is 91.7 Å². The molecule has 2 fully saturated rings. The normalized spacial score (nSPS) is 24.2. The molecule has 0 saturated heterocycles. The molecule has 2 saturated carbocycles. The lowest BCUT2D eigenvalue weighted by Crippen LogP contribution is -2.35. The van der Waals surface area contributed by atoms with Gasteiger partial charge in [0.05, 0.1) is 0 Å². The first-order valence-corrected chi connectivity index (χ1v) is 12.7. The van der Waals surface area contributed by atoms with Crippen molar-refractivity contribution in [2.45, 2.75) is 89.4 Å². The molecule has 0 aliphatic heterocycles. The molecule has 0 atom stereocenters. The van der Waals surface area contributed by atoms with E-state index >= 15 is 0 Å². The molecule has 0 unspecified atom stereocenters. The summed E-state index contributed by atoms with van der Waals surface area (Å²) in [5.74, 6) is 3.42. The molecule has 2 nitrogen and oxygen atoms in total. The molecule has 0 spiro atoms. The van der Waals surface area contributed by atoms with Crippen molar-refractivity contribution < 1.29 is 10.2 Å². The van der Waals surface area contributed by atoms with Crippen molar-refractivity contribution in [3.8, 4) is 11.5 Å². The third-order valence-electron chi connectivity index (χ3n) is 8.50. The van der Waals surface area contributed by atoms with E-state index in [0.717, 1.165) is 30.6 Å². The molecule has 2 aliphatic carbocycles. The third kappa shape index (κ3) is 5.10. The molecule has 0 amide bonds. The Bertz CT molecular complexity index is 744. The molecule has 0 bridgehead atoms. The van der Waals surface area contributed by atoms with E-state index in [1.54, 1.807) is 0 Å². The first-order valence-electron chi connectivity index (χ1n) is 12.7. The predicted molar refractivity (Wildman–Crippen MR) is 129 cm³/mol. The molecule has 31 heavy (non-hydrogen) atoms. The molecule has 2 aromatic rings. The monoisotopic (exact) mass is 420 g/mol. The number of unbranched alkanes of at least 4 members (excludes halogenated alkanes) is 2. The molecule has 168 valence electrons. The van der Waals surface area contributed by atoms with E-state index in [2.05, 4.69) is 31.2 Å². The van der Waals surface area contributed by atoms with E-state index in [4.69, 9.17) is 0 Å². The zero-order valence-corrected chi connectivity index (χ0v) is 19.2. The van der Waals surface area contributed by atoms with Crippen molar-refractivity contribution in [2.24, 2.45) is 17.8 Å². The predicted octanol–water partition coefficient (Wildman–Crippen LogP) is 7.96. The van der Waals surface area contributed by atoms with Gasteiger partial charge in [0, 0.05) is 5.41 Å². The molecule has 2 heteroatoms. The van der Waals surface area contributed by atoms with Crippen molar-refractivity contribution in [1.82, 2.24) is 0 Å². The van der Waals surface area contributed by atoms with Crippen LogP contribution in [0.15, 0.2) is 48.5 Å². The van der Waals surface area contributed by atoms with E-state index in [-0.39, 0.29) is 5.41 Å². The van der Waals surface area contributed by atoms with Gasteiger partial charge in [-0.1, -0.05) is 69.7 Å². The van der Waals surface area contributed by atoms with Gasteiger partial charge in [0.15, 0.2) is 0 Å². The van der Waals surface area contributed by atoms with Gasteiger partial charge in [-0.25, -0.2) is 0 Å². The zero-order chi connectivity index (χ0) is 21.7. The van der Waals surface area contributed by atoms with Gasteiger partial charge in [0.2, 0.25) is 0 Å². The van der Waals surface area contributed by atoms with Crippen LogP contribution in [0, 0.1) is 17.8 Å². The molecular formula is C29H40O2. The number of phenols is 2. The second kappa shape index (κ2) is 10.1. The topological polar surface area (TPSA) is 40.5 Å². The van der Waals surface area contributed by atoms with Gasteiger partial charge >= 0.3 is 0 Å². The van der Waals surface area contributed by atoms with Crippen LogP contribution >= 0.6 is 0 Å². The SMILES string of the molecule is CCCCC[C@H]1CC[C@H](C2CCC(c3ccc(O)cc3)(c3ccc(O)cc3)CC2)CC1. The zero-order valence-electron chi connectivity index (χ0n) is 19.2. The Labute approximate surface area is 188 Å². The van der Waals surface area contributed by atoms with Crippen LogP contribution in [0.4, 0.5) is 0 Å². The van der Waals surface area contributed by atoms with Gasteiger partial charge in [0.25, 0.3) is 0 Å². The maximum absolute atomic E-state index is 9.81. The summed E-state index contributed by atoms with van der Waals surface area (Å²) in [6, 6.07) is 15.7. The van der Waals surface area contributed by atoms with Crippen molar-refractivity contribution in [2.75, 3.05) is 0 Å². The maximum Gasteiger partial charge on any atom is 0.115 e. The van der Waals surface area contributed by atoms with Crippen molar-refractivity contribution in [3.63, 3.8) is 0 Å². The molecule has 0 heterocycles. The van der Waals surface area contributed by atoms with E-state index in [1.165, 1.54) is 75.3 Å². The molecule has 0 radical (unpaired) electrons. The van der Waals surface area contributed by atoms with Crippen molar-refractivity contribution in [1.29, 1.82) is 0 Å². The lowest BCUT2D eigenvalue weighted by atomic mass is 9.60. The Balaban J connectivity index is 1.43. The van der Waals surface area contributed by atoms with E-state index < -0.39 is 0 Å². The van der Waals surface area contributed by atoms with Crippen LogP contribution < -0.4 is 0 Å². The highest BCUT2D eigenvalue weighted by molar-refractivity contribution is 5.43. The Hall–Kier alpha value is -1.96. The second-order valence-corrected chi connectivity index (χ2v) is 10.3. The third-order valence-corrected chi connectivity index (χ3v) is 8.50. The number of hydrogen-bond acceptors (Lipinski definition) is 2. The van der Waals surface area contributed by atoms with Crippen molar-refractivity contribution >= 4 is 0 Å². The average molecular weight is 421 g/mol. The summed E-state index contributed by atoms with van der Waals surface area (Å²) in [4.78, 5) is 0. The summed E-state index contributed by atoms with van der Waals surface area (Å²) in [6.07, 6.45) is 16.3. The molecule has 2 aliphatic rings. The molecular weight excluding hydrogens is 380 g/mol. The summed E-state index contributed by atoms with van der Waals surface area (Å²) in [5, 5.41) is 19.6. The standard InChI is InChI=1S/C29H40O2/c1-2-3-4-5-22-6-8-23(9-7-22)24-18-20-29(21-19-24,25-10-14-27(30)15-11-25)26-12-16-28(31)17-13-26/h10-17,22-24,30-31H,2-9,18-21H2,1H3/t22-,23-. The lowest BCUT2D eigenvalue weighted by Gasteiger charge is -2.44. The van der Waals surface area contributed by atoms with Gasteiger partial charge in [0.1, 0.15) is 11.5 Å². The van der Waals surface area contributed by atoms with Gasteiger partial charge < -0.3 is 10.2 Å². The van der Waals surface area contributed by atoms with Crippen LogP contribution in [0.3, 0.4) is 0 Å². The highest BCUT2D eigenvalue weighted by Gasteiger charge is 2.40. The van der Waals surface area contributed by atoms with Crippen LogP contribution in [-0.2, 0) is 5.41 Å². The largest absolute Gasteiger partial charge is 0.508 e. The maximum atomic E-state index is 9.81. The van der Waals surface area contributed by atoms with Crippen LogP contribution in [0.5, 0.6) is 11.5 Å². The van der Waals surface area contributed by atoms with Crippen LogP contribution in [0.2, 0.25) is 0 Å². The summed E-state index contributed by atoms with van der Waals surface area (Å²) in [7, 11) is 0. The Morgan fingerprint density at radius 3 is 1.65 bits per heavy atom. The Morgan fingerprint density at radius 1 is 0.677 bits per heavy atom. The molecule has 2 N–H and O–H groups in total. The van der Waals surface area contributed by atoms with E-state index in [9.17, 15) is 10.2 Å². The first kappa shape index (κ1) is 22.2. The summed E-state index contributed by atoms with van der Waals surface area (Å²) in [6.45, 7) is 2.30. The fourth-order valence-corrected chi connectivity index (χ4v) is 6.54. The number of aromatic hydroxyl groups is 2. The summed E-state index contributed by atoms with van der Waals surface area (Å²) < 4.78 is 0.